The first-order valence-electron chi connectivity index (χ1n) is 6.11. The zero-order valence-electron chi connectivity index (χ0n) is 12.3. The van der Waals surface area contributed by atoms with Crippen molar-refractivity contribution in [2.75, 3.05) is 21.1 Å². The van der Waals surface area contributed by atoms with Crippen molar-refractivity contribution in [3.63, 3.8) is 0 Å². The highest BCUT2D eigenvalue weighted by molar-refractivity contribution is 7.89. The van der Waals surface area contributed by atoms with Crippen LogP contribution in [0.15, 0.2) is 29.2 Å². The molecular weight excluding hydrogens is 296 g/mol. The van der Waals surface area contributed by atoms with Gasteiger partial charge in [0.2, 0.25) is 10.0 Å². The Morgan fingerprint density at radius 3 is 2.24 bits per heavy atom. The van der Waals surface area contributed by atoms with Gasteiger partial charge in [0.1, 0.15) is 6.04 Å². The molecule has 0 spiro atoms. The van der Waals surface area contributed by atoms with Crippen LogP contribution in [0.1, 0.15) is 17.3 Å². The second kappa shape index (κ2) is 6.23. The van der Waals surface area contributed by atoms with E-state index < -0.39 is 27.9 Å². The molecule has 1 atom stereocenters. The van der Waals surface area contributed by atoms with E-state index in [9.17, 15) is 18.0 Å². The van der Waals surface area contributed by atoms with Gasteiger partial charge in [-0.15, -0.1) is 0 Å². The number of rotatable bonds is 5. The van der Waals surface area contributed by atoms with E-state index in [-0.39, 0.29) is 10.5 Å². The molecule has 8 heteroatoms. The Morgan fingerprint density at radius 1 is 1.19 bits per heavy atom. The van der Waals surface area contributed by atoms with E-state index in [0.29, 0.717) is 0 Å². The van der Waals surface area contributed by atoms with Crippen LogP contribution >= 0.6 is 0 Å². The van der Waals surface area contributed by atoms with Crippen molar-refractivity contribution < 1.29 is 23.1 Å². The Kier molecular flexibility index (Phi) is 5.08. The zero-order valence-corrected chi connectivity index (χ0v) is 13.1. The monoisotopic (exact) mass is 314 g/mol. The van der Waals surface area contributed by atoms with Gasteiger partial charge in [0.05, 0.1) is 4.90 Å². The molecule has 1 unspecified atom stereocenters. The molecule has 0 heterocycles. The number of carboxylic acid groups (broad SMARTS) is 1. The fourth-order valence-electron chi connectivity index (χ4n) is 1.55. The molecule has 0 aromatic heterocycles. The molecule has 7 nitrogen and oxygen atoms in total. The number of aliphatic carboxylic acids is 1. The fourth-order valence-corrected chi connectivity index (χ4v) is 2.49. The minimum Gasteiger partial charge on any atom is -0.480 e. The minimum absolute atomic E-state index is 0.0188. The summed E-state index contributed by atoms with van der Waals surface area (Å²) in [6.07, 6.45) is 0. The van der Waals surface area contributed by atoms with Crippen LogP contribution in [0.25, 0.3) is 0 Å². The number of amides is 1. The molecule has 21 heavy (non-hydrogen) atoms. The summed E-state index contributed by atoms with van der Waals surface area (Å²) in [6.45, 7) is 1.38. The normalized spacial score (nSPS) is 13.0. The molecule has 0 aliphatic heterocycles. The summed E-state index contributed by atoms with van der Waals surface area (Å²) in [5.74, 6) is -1.69. The number of benzene rings is 1. The van der Waals surface area contributed by atoms with Gasteiger partial charge in [-0.2, -0.15) is 0 Å². The molecule has 1 rings (SSSR count). The molecule has 0 saturated carbocycles. The maximum atomic E-state index is 12.2. The summed E-state index contributed by atoms with van der Waals surface area (Å²) in [5.41, 5.74) is 0.119. The number of likely N-dealkylation sites (N-methyl/N-ethyl adjacent to an activating group) is 1. The van der Waals surface area contributed by atoms with Gasteiger partial charge >= 0.3 is 5.97 Å². The standard InChI is InChI=1S/C13H18N2O5S/c1-9(13(17)18)15(4)12(16)10-6-5-7-11(8-10)21(19,20)14(2)3/h5-9H,1-4H3,(H,17,18). The lowest BCUT2D eigenvalue weighted by Gasteiger charge is -2.22. The summed E-state index contributed by atoms with van der Waals surface area (Å²) in [4.78, 5) is 24.1. The highest BCUT2D eigenvalue weighted by Gasteiger charge is 2.24. The first-order chi connectivity index (χ1) is 9.59. The lowest BCUT2D eigenvalue weighted by atomic mass is 10.2. The van der Waals surface area contributed by atoms with Crippen molar-refractivity contribution in [3.8, 4) is 0 Å². The summed E-state index contributed by atoms with van der Waals surface area (Å²) in [5, 5.41) is 8.91. The Hall–Kier alpha value is -1.93. The molecule has 0 fully saturated rings. The van der Waals surface area contributed by atoms with Gasteiger partial charge in [-0.3, -0.25) is 4.79 Å². The predicted octanol–water partition coefficient (Wildman–Crippen LogP) is 0.482. The predicted molar refractivity (Wildman–Crippen MR) is 76.5 cm³/mol. The topological polar surface area (TPSA) is 95.0 Å². The number of hydrogen-bond acceptors (Lipinski definition) is 4. The summed E-state index contributed by atoms with van der Waals surface area (Å²) in [6, 6.07) is 4.51. The van der Waals surface area contributed by atoms with Gasteiger partial charge in [0.15, 0.2) is 0 Å². The fraction of sp³-hybridized carbons (Fsp3) is 0.385. The minimum atomic E-state index is -3.65. The van der Waals surface area contributed by atoms with Crippen LogP contribution in [0.4, 0.5) is 0 Å². The van der Waals surface area contributed by atoms with Crippen LogP contribution in [0.2, 0.25) is 0 Å². The van der Waals surface area contributed by atoms with Crippen LogP contribution in [0.5, 0.6) is 0 Å². The zero-order chi connectivity index (χ0) is 16.4. The summed E-state index contributed by atoms with van der Waals surface area (Å²) < 4.78 is 25.1. The molecule has 1 N–H and O–H groups in total. The molecule has 0 radical (unpaired) electrons. The largest absolute Gasteiger partial charge is 0.480 e. The number of sulfonamides is 1. The maximum Gasteiger partial charge on any atom is 0.326 e. The van der Waals surface area contributed by atoms with Gasteiger partial charge in [0.25, 0.3) is 5.91 Å². The van der Waals surface area contributed by atoms with E-state index in [1.807, 2.05) is 0 Å². The first kappa shape index (κ1) is 17.1. The van der Waals surface area contributed by atoms with E-state index in [2.05, 4.69) is 0 Å². The summed E-state index contributed by atoms with van der Waals surface area (Å²) >= 11 is 0. The maximum absolute atomic E-state index is 12.2. The van der Waals surface area contributed by atoms with E-state index in [4.69, 9.17) is 5.11 Å². The second-order valence-electron chi connectivity index (χ2n) is 4.75. The third-order valence-corrected chi connectivity index (χ3v) is 4.93. The molecule has 0 aliphatic rings. The Bertz CT molecular complexity index is 654. The Balaban J connectivity index is 3.17. The average Bonchev–Trinajstić information content (AvgIpc) is 2.44. The third-order valence-electron chi connectivity index (χ3n) is 3.12. The number of hydrogen-bond donors (Lipinski definition) is 1. The Morgan fingerprint density at radius 2 is 1.76 bits per heavy atom. The van der Waals surface area contributed by atoms with Gasteiger partial charge in [-0.05, 0) is 25.1 Å². The second-order valence-corrected chi connectivity index (χ2v) is 6.90. The van der Waals surface area contributed by atoms with Crippen molar-refractivity contribution in [3.05, 3.63) is 29.8 Å². The summed E-state index contributed by atoms with van der Waals surface area (Å²) in [7, 11) is 0.489. The molecule has 0 aliphatic carbocycles. The van der Waals surface area contributed by atoms with Crippen molar-refractivity contribution in [1.82, 2.24) is 9.21 Å². The lowest BCUT2D eigenvalue weighted by molar-refractivity contribution is -0.141. The number of carboxylic acids is 1. The highest BCUT2D eigenvalue weighted by Crippen LogP contribution is 2.16. The van der Waals surface area contributed by atoms with Gasteiger partial charge in [-0.25, -0.2) is 17.5 Å². The van der Waals surface area contributed by atoms with Crippen molar-refractivity contribution in [2.24, 2.45) is 0 Å². The molecule has 0 bridgehead atoms. The molecule has 0 saturated heterocycles. The van der Waals surface area contributed by atoms with Gasteiger partial charge < -0.3 is 10.0 Å². The average molecular weight is 314 g/mol. The quantitative estimate of drug-likeness (QED) is 0.853. The molecular formula is C13H18N2O5S. The van der Waals surface area contributed by atoms with E-state index in [0.717, 1.165) is 9.21 Å². The third kappa shape index (κ3) is 3.59. The van der Waals surface area contributed by atoms with Gasteiger partial charge in [-0.1, -0.05) is 6.07 Å². The Labute approximate surface area is 123 Å². The number of carbonyl (C=O) groups excluding carboxylic acids is 1. The van der Waals surface area contributed by atoms with E-state index >= 15 is 0 Å². The van der Waals surface area contributed by atoms with E-state index in [1.54, 1.807) is 0 Å². The SMILES string of the molecule is CC(C(=O)O)N(C)C(=O)c1cccc(S(=O)(=O)N(C)C)c1. The number of carbonyl (C=O) groups is 2. The van der Waals surface area contributed by atoms with Crippen LogP contribution < -0.4 is 0 Å². The lowest BCUT2D eigenvalue weighted by Crippen LogP contribution is -2.40. The van der Waals surface area contributed by atoms with Crippen LogP contribution in [0, 0.1) is 0 Å². The molecule has 1 amide bonds. The van der Waals surface area contributed by atoms with Crippen molar-refractivity contribution >= 4 is 21.9 Å². The van der Waals surface area contributed by atoms with Crippen molar-refractivity contribution in [2.45, 2.75) is 17.9 Å². The molecule has 116 valence electrons. The number of nitrogens with zero attached hydrogens (tertiary/aromatic N) is 2. The van der Waals surface area contributed by atoms with Crippen LogP contribution in [0.3, 0.4) is 0 Å². The van der Waals surface area contributed by atoms with Crippen LogP contribution in [-0.4, -0.2) is 61.8 Å². The van der Waals surface area contributed by atoms with E-state index in [1.165, 1.54) is 52.3 Å². The smallest absolute Gasteiger partial charge is 0.326 e. The highest BCUT2D eigenvalue weighted by atomic mass is 32.2. The first-order valence-corrected chi connectivity index (χ1v) is 7.55. The van der Waals surface area contributed by atoms with Crippen LogP contribution in [-0.2, 0) is 14.8 Å². The molecule has 1 aromatic rings. The van der Waals surface area contributed by atoms with Gasteiger partial charge in [0, 0.05) is 26.7 Å². The van der Waals surface area contributed by atoms with Crippen molar-refractivity contribution in [1.29, 1.82) is 0 Å². The molecule has 1 aromatic carbocycles.